The largest absolute Gasteiger partial charge is 0.399 e. The highest BCUT2D eigenvalue weighted by Gasteiger charge is 2.08. The minimum Gasteiger partial charge on any atom is -0.399 e. The monoisotopic (exact) mass is 288 g/mol. The molecule has 0 aliphatic heterocycles. The van der Waals surface area contributed by atoms with Crippen LogP contribution in [0.5, 0.6) is 0 Å². The van der Waals surface area contributed by atoms with Crippen molar-refractivity contribution in [1.82, 2.24) is 9.97 Å². The number of nitrogens with one attached hydrogen (secondary N) is 1. The fourth-order valence-electron chi connectivity index (χ4n) is 1.20. The molecule has 1 heterocycles. The summed E-state index contributed by atoms with van der Waals surface area (Å²) in [4.78, 5) is 7.95. The third-order valence-corrected chi connectivity index (χ3v) is 2.71. The molecule has 0 saturated carbocycles. The van der Waals surface area contributed by atoms with Gasteiger partial charge in [-0.1, -0.05) is 34.8 Å². The molecule has 0 aliphatic carbocycles. The van der Waals surface area contributed by atoms with Crippen molar-refractivity contribution in [3.8, 4) is 0 Å². The predicted molar refractivity (Wildman–Crippen MR) is 71.2 cm³/mol. The van der Waals surface area contributed by atoms with Gasteiger partial charge in [0.2, 0.25) is 5.95 Å². The van der Waals surface area contributed by atoms with E-state index in [1.807, 2.05) is 0 Å². The molecular weight excluding hydrogens is 282 g/mol. The lowest BCUT2D eigenvalue weighted by atomic mass is 10.3. The zero-order valence-electron chi connectivity index (χ0n) is 8.42. The predicted octanol–water partition coefficient (Wildman–Crippen LogP) is 3.76. The molecule has 0 unspecified atom stereocenters. The zero-order chi connectivity index (χ0) is 12.4. The molecule has 88 valence electrons. The molecule has 0 aliphatic rings. The molecule has 7 heteroatoms. The van der Waals surface area contributed by atoms with Crippen LogP contribution in [-0.2, 0) is 0 Å². The number of nitrogens with zero attached hydrogens (tertiary/aromatic N) is 2. The van der Waals surface area contributed by atoms with Crippen molar-refractivity contribution in [3.63, 3.8) is 0 Å². The molecule has 0 spiro atoms. The van der Waals surface area contributed by atoms with Crippen molar-refractivity contribution >= 4 is 52.1 Å². The molecule has 0 saturated heterocycles. The summed E-state index contributed by atoms with van der Waals surface area (Å²) < 4.78 is 0. The highest BCUT2D eigenvalue weighted by Crippen LogP contribution is 2.34. The Kier molecular flexibility index (Phi) is 3.57. The van der Waals surface area contributed by atoms with Crippen LogP contribution in [0.15, 0.2) is 24.5 Å². The Morgan fingerprint density at radius 2 is 1.53 bits per heavy atom. The van der Waals surface area contributed by atoms with Crippen LogP contribution in [0, 0.1) is 0 Å². The first-order valence-corrected chi connectivity index (χ1v) is 5.69. The molecule has 2 aromatic rings. The summed E-state index contributed by atoms with van der Waals surface area (Å²) in [6, 6.07) is 3.18. The van der Waals surface area contributed by atoms with E-state index in [0.29, 0.717) is 32.4 Å². The molecule has 1 aromatic heterocycles. The molecule has 17 heavy (non-hydrogen) atoms. The number of halogens is 3. The summed E-state index contributed by atoms with van der Waals surface area (Å²) in [6.45, 7) is 0. The lowest BCUT2D eigenvalue weighted by Crippen LogP contribution is -1.98. The van der Waals surface area contributed by atoms with Gasteiger partial charge in [-0.25, -0.2) is 9.97 Å². The first-order valence-electron chi connectivity index (χ1n) is 4.55. The van der Waals surface area contributed by atoms with Gasteiger partial charge in [0.15, 0.2) is 0 Å². The van der Waals surface area contributed by atoms with E-state index in [4.69, 9.17) is 40.5 Å². The molecule has 0 fully saturated rings. The van der Waals surface area contributed by atoms with Crippen LogP contribution in [0.3, 0.4) is 0 Å². The van der Waals surface area contributed by atoms with E-state index >= 15 is 0 Å². The standard InChI is InChI=1S/C10H7Cl3N4/c11-5-3-15-10(16-4-5)17-9-7(12)1-6(14)2-8(9)13/h1-4H,14H2,(H,15,16,17). The van der Waals surface area contributed by atoms with Crippen molar-refractivity contribution in [1.29, 1.82) is 0 Å². The molecule has 0 radical (unpaired) electrons. The second-order valence-electron chi connectivity index (χ2n) is 3.21. The Labute approximate surface area is 113 Å². The summed E-state index contributed by atoms with van der Waals surface area (Å²) in [7, 11) is 0. The van der Waals surface area contributed by atoms with Gasteiger partial charge >= 0.3 is 0 Å². The summed E-state index contributed by atoms with van der Waals surface area (Å²) in [6.07, 6.45) is 2.94. The van der Waals surface area contributed by atoms with Gasteiger partial charge in [-0.15, -0.1) is 0 Å². The number of rotatable bonds is 2. The highest BCUT2D eigenvalue weighted by atomic mass is 35.5. The van der Waals surface area contributed by atoms with E-state index in [-0.39, 0.29) is 0 Å². The van der Waals surface area contributed by atoms with Gasteiger partial charge in [0.05, 0.1) is 33.1 Å². The fraction of sp³-hybridized carbons (Fsp3) is 0. The highest BCUT2D eigenvalue weighted by molar-refractivity contribution is 6.39. The smallest absolute Gasteiger partial charge is 0.227 e. The minimum absolute atomic E-state index is 0.350. The lowest BCUT2D eigenvalue weighted by Gasteiger charge is -2.09. The maximum atomic E-state index is 6.01. The lowest BCUT2D eigenvalue weighted by molar-refractivity contribution is 1.17. The number of hydrogen-bond donors (Lipinski definition) is 2. The Balaban J connectivity index is 2.33. The van der Waals surface area contributed by atoms with Gasteiger partial charge in [-0.05, 0) is 12.1 Å². The summed E-state index contributed by atoms with van der Waals surface area (Å²) in [5.74, 6) is 0.350. The van der Waals surface area contributed by atoms with E-state index in [2.05, 4.69) is 15.3 Å². The van der Waals surface area contributed by atoms with Crippen molar-refractivity contribution in [3.05, 3.63) is 39.6 Å². The quantitative estimate of drug-likeness (QED) is 0.826. The maximum absolute atomic E-state index is 6.01. The average molecular weight is 290 g/mol. The molecule has 2 rings (SSSR count). The van der Waals surface area contributed by atoms with E-state index in [9.17, 15) is 0 Å². The Morgan fingerprint density at radius 1 is 1.00 bits per heavy atom. The maximum Gasteiger partial charge on any atom is 0.227 e. The number of nitrogens with two attached hydrogens (primary N) is 1. The van der Waals surface area contributed by atoms with Crippen LogP contribution in [0.2, 0.25) is 15.1 Å². The Morgan fingerprint density at radius 3 is 2.06 bits per heavy atom. The van der Waals surface area contributed by atoms with Crippen LogP contribution < -0.4 is 11.1 Å². The molecule has 4 nitrogen and oxygen atoms in total. The average Bonchev–Trinajstić information content (AvgIpc) is 2.26. The second kappa shape index (κ2) is 4.96. The number of aromatic nitrogens is 2. The van der Waals surface area contributed by atoms with Crippen molar-refractivity contribution in [2.75, 3.05) is 11.1 Å². The van der Waals surface area contributed by atoms with Gasteiger partial charge in [-0.3, -0.25) is 0 Å². The van der Waals surface area contributed by atoms with Crippen LogP contribution in [0.25, 0.3) is 0 Å². The SMILES string of the molecule is Nc1cc(Cl)c(Nc2ncc(Cl)cn2)c(Cl)c1. The molecule has 0 amide bonds. The number of anilines is 3. The molecular formula is C10H7Cl3N4. The molecule has 1 aromatic carbocycles. The van der Waals surface area contributed by atoms with Crippen LogP contribution in [-0.4, -0.2) is 9.97 Å². The number of hydrogen-bond acceptors (Lipinski definition) is 4. The first kappa shape index (κ1) is 12.2. The van der Waals surface area contributed by atoms with Gasteiger partial charge < -0.3 is 11.1 Å². The third-order valence-electron chi connectivity index (χ3n) is 1.92. The van der Waals surface area contributed by atoms with E-state index in [1.165, 1.54) is 12.4 Å². The molecule has 3 N–H and O–H groups in total. The van der Waals surface area contributed by atoms with Crippen molar-refractivity contribution in [2.45, 2.75) is 0 Å². The fourth-order valence-corrected chi connectivity index (χ4v) is 1.90. The van der Waals surface area contributed by atoms with Gasteiger partial charge in [-0.2, -0.15) is 0 Å². The van der Waals surface area contributed by atoms with E-state index in [1.54, 1.807) is 12.1 Å². The summed E-state index contributed by atoms with van der Waals surface area (Å²) in [5.41, 5.74) is 6.59. The van der Waals surface area contributed by atoms with Crippen LogP contribution in [0.1, 0.15) is 0 Å². The zero-order valence-corrected chi connectivity index (χ0v) is 10.7. The van der Waals surface area contributed by atoms with E-state index in [0.717, 1.165) is 0 Å². The second-order valence-corrected chi connectivity index (χ2v) is 4.46. The minimum atomic E-state index is 0.350. The Bertz CT molecular complexity index is 519. The van der Waals surface area contributed by atoms with Crippen molar-refractivity contribution in [2.24, 2.45) is 0 Å². The summed E-state index contributed by atoms with van der Waals surface area (Å²) >= 11 is 17.7. The van der Waals surface area contributed by atoms with Gasteiger partial charge in [0.1, 0.15) is 0 Å². The first-order chi connectivity index (χ1) is 8.06. The Hall–Kier alpha value is -1.23. The van der Waals surface area contributed by atoms with Crippen molar-refractivity contribution < 1.29 is 0 Å². The normalized spacial score (nSPS) is 10.3. The van der Waals surface area contributed by atoms with Gasteiger partial charge in [0.25, 0.3) is 0 Å². The van der Waals surface area contributed by atoms with Crippen LogP contribution >= 0.6 is 34.8 Å². The van der Waals surface area contributed by atoms with Crippen LogP contribution in [0.4, 0.5) is 17.3 Å². The summed E-state index contributed by atoms with van der Waals surface area (Å²) in [5, 5.41) is 4.14. The van der Waals surface area contributed by atoms with E-state index < -0.39 is 0 Å². The third kappa shape index (κ3) is 2.91. The molecule has 0 atom stereocenters. The topological polar surface area (TPSA) is 63.8 Å². The number of benzene rings is 1. The molecule has 0 bridgehead atoms. The number of nitrogen functional groups attached to an aromatic ring is 1. The van der Waals surface area contributed by atoms with Gasteiger partial charge in [0, 0.05) is 5.69 Å².